The number of carbonyl (C=O) groups excluding carboxylic acids is 1. The molecule has 0 aliphatic heterocycles. The average Bonchev–Trinajstić information content (AvgIpc) is 3.40. The van der Waals surface area contributed by atoms with Crippen LogP contribution in [0.25, 0.3) is 11.1 Å². The number of nitrogens with zero attached hydrogens (tertiary/aromatic N) is 7. The molecule has 10 nitrogen and oxygen atoms in total. The van der Waals surface area contributed by atoms with E-state index in [0.717, 1.165) is 42.4 Å². The van der Waals surface area contributed by atoms with E-state index in [1.165, 1.54) is 6.20 Å². The highest BCUT2D eigenvalue weighted by atomic mass is 35.5. The van der Waals surface area contributed by atoms with Crippen molar-refractivity contribution in [2.75, 3.05) is 10.2 Å². The number of amides is 2. The molecular formula is C28H28ClN9O. The van der Waals surface area contributed by atoms with Crippen molar-refractivity contribution in [2.45, 2.75) is 44.3 Å². The van der Waals surface area contributed by atoms with E-state index in [9.17, 15) is 4.79 Å². The van der Waals surface area contributed by atoms with Crippen molar-refractivity contribution in [3.63, 3.8) is 0 Å². The number of nitrogens with one attached hydrogen (secondary N) is 2. The fourth-order valence-corrected chi connectivity index (χ4v) is 4.92. The molecule has 39 heavy (non-hydrogen) atoms. The summed E-state index contributed by atoms with van der Waals surface area (Å²) in [5.74, 6) is 0.999. The van der Waals surface area contributed by atoms with Crippen molar-refractivity contribution in [1.82, 2.24) is 30.0 Å². The lowest BCUT2D eigenvalue weighted by atomic mass is 9.90. The SMILES string of the molecule is Cn1cc(-c2ccc(N(C(=O)NCc3ccccc3)C3CCC(Nc4ncc(C#N)c(Cl)n4)CC3)nc2)cn1. The molecule has 3 heterocycles. The fourth-order valence-electron chi connectivity index (χ4n) is 4.75. The second-order valence-corrected chi connectivity index (χ2v) is 9.84. The Kier molecular flexibility index (Phi) is 7.99. The van der Waals surface area contributed by atoms with Gasteiger partial charge < -0.3 is 10.6 Å². The van der Waals surface area contributed by atoms with Crippen LogP contribution in [0.5, 0.6) is 0 Å². The van der Waals surface area contributed by atoms with E-state index in [1.54, 1.807) is 22.0 Å². The van der Waals surface area contributed by atoms with Gasteiger partial charge in [-0.15, -0.1) is 0 Å². The highest BCUT2D eigenvalue weighted by molar-refractivity contribution is 6.30. The molecule has 198 valence electrons. The maximum atomic E-state index is 13.5. The molecule has 2 amide bonds. The average molecular weight is 542 g/mol. The van der Waals surface area contributed by atoms with Crippen LogP contribution in [0.3, 0.4) is 0 Å². The molecule has 1 aliphatic rings. The summed E-state index contributed by atoms with van der Waals surface area (Å²) in [4.78, 5) is 28.4. The highest BCUT2D eigenvalue weighted by Gasteiger charge is 2.31. The van der Waals surface area contributed by atoms with Crippen LogP contribution in [0.2, 0.25) is 5.15 Å². The first-order valence-electron chi connectivity index (χ1n) is 12.8. The number of urea groups is 1. The number of hydrogen-bond acceptors (Lipinski definition) is 7. The van der Waals surface area contributed by atoms with E-state index < -0.39 is 0 Å². The van der Waals surface area contributed by atoms with E-state index >= 15 is 0 Å². The van der Waals surface area contributed by atoms with Crippen molar-refractivity contribution in [3.8, 4) is 17.2 Å². The fraction of sp³-hybridized carbons (Fsp3) is 0.286. The monoisotopic (exact) mass is 541 g/mol. The van der Waals surface area contributed by atoms with E-state index in [-0.39, 0.29) is 28.8 Å². The van der Waals surface area contributed by atoms with Crippen molar-refractivity contribution in [1.29, 1.82) is 5.26 Å². The van der Waals surface area contributed by atoms with Crippen LogP contribution in [0.1, 0.15) is 36.8 Å². The van der Waals surface area contributed by atoms with E-state index in [2.05, 4.69) is 30.7 Å². The molecule has 1 fully saturated rings. The van der Waals surface area contributed by atoms with E-state index in [0.29, 0.717) is 18.3 Å². The Morgan fingerprint density at radius 1 is 1.08 bits per heavy atom. The van der Waals surface area contributed by atoms with Gasteiger partial charge in [0.2, 0.25) is 5.95 Å². The Labute approximate surface area is 231 Å². The Hall–Kier alpha value is -4.49. The number of aryl methyl sites for hydroxylation is 1. The number of carbonyl (C=O) groups is 1. The normalized spacial score (nSPS) is 16.7. The number of pyridine rings is 1. The Morgan fingerprint density at radius 2 is 1.87 bits per heavy atom. The van der Waals surface area contributed by atoms with Gasteiger partial charge in [-0.25, -0.2) is 14.8 Å². The topological polar surface area (TPSA) is 125 Å². The quantitative estimate of drug-likeness (QED) is 0.317. The molecule has 1 aromatic carbocycles. The van der Waals surface area contributed by atoms with Crippen LogP contribution in [0.15, 0.2) is 67.3 Å². The molecule has 0 spiro atoms. The minimum Gasteiger partial charge on any atom is -0.351 e. The number of aromatic nitrogens is 5. The molecule has 0 atom stereocenters. The van der Waals surface area contributed by atoms with E-state index in [1.807, 2.05) is 61.8 Å². The molecule has 4 aromatic rings. The summed E-state index contributed by atoms with van der Waals surface area (Å²) in [7, 11) is 1.87. The van der Waals surface area contributed by atoms with Gasteiger partial charge >= 0.3 is 6.03 Å². The van der Waals surface area contributed by atoms with Gasteiger partial charge in [-0.2, -0.15) is 15.3 Å². The maximum Gasteiger partial charge on any atom is 0.323 e. The third-order valence-electron chi connectivity index (χ3n) is 6.80. The zero-order valence-electron chi connectivity index (χ0n) is 21.5. The molecule has 2 N–H and O–H groups in total. The molecule has 0 radical (unpaired) electrons. The lowest BCUT2D eigenvalue weighted by molar-refractivity contribution is 0.240. The Morgan fingerprint density at radius 3 is 2.51 bits per heavy atom. The van der Waals surface area contributed by atoms with Gasteiger partial charge in [0.05, 0.1) is 12.4 Å². The second kappa shape index (κ2) is 11.9. The van der Waals surface area contributed by atoms with Crippen LogP contribution in [0, 0.1) is 11.3 Å². The lowest BCUT2D eigenvalue weighted by Crippen LogP contribution is -2.49. The predicted molar refractivity (Wildman–Crippen MR) is 149 cm³/mol. The predicted octanol–water partition coefficient (Wildman–Crippen LogP) is 4.94. The second-order valence-electron chi connectivity index (χ2n) is 9.48. The standard InChI is InChI=1S/C28H28ClN9O/c1-37-18-22(17-34-37)20-7-12-25(31-15-20)38(28(39)33-14-19-5-3-2-4-6-19)24-10-8-23(9-11-24)35-27-32-16-21(13-30)26(29)36-27/h2-7,12,15-18,23-24H,8-11,14H2,1H3,(H,33,39)(H,32,35,36). The summed E-state index contributed by atoms with van der Waals surface area (Å²) in [6, 6.07) is 15.6. The number of benzene rings is 1. The number of hydrogen-bond donors (Lipinski definition) is 2. The summed E-state index contributed by atoms with van der Waals surface area (Å²) in [5, 5.41) is 19.8. The van der Waals surface area contributed by atoms with Crippen LogP contribution in [-0.2, 0) is 13.6 Å². The van der Waals surface area contributed by atoms with Crippen molar-refractivity contribution in [2.24, 2.45) is 7.05 Å². The smallest absolute Gasteiger partial charge is 0.323 e. The first kappa shape index (κ1) is 26.1. The summed E-state index contributed by atoms with van der Waals surface area (Å²) in [5.41, 5.74) is 3.17. The Bertz CT molecular complexity index is 1460. The van der Waals surface area contributed by atoms with Gasteiger partial charge in [0.25, 0.3) is 0 Å². The molecule has 5 rings (SSSR count). The van der Waals surface area contributed by atoms with Crippen LogP contribution in [0.4, 0.5) is 16.6 Å². The zero-order valence-corrected chi connectivity index (χ0v) is 22.2. The third kappa shape index (κ3) is 6.33. The summed E-state index contributed by atoms with van der Waals surface area (Å²) < 4.78 is 1.75. The van der Waals surface area contributed by atoms with Crippen LogP contribution < -0.4 is 15.5 Å². The minimum absolute atomic E-state index is 0.0268. The molecule has 11 heteroatoms. The zero-order chi connectivity index (χ0) is 27.2. The van der Waals surface area contributed by atoms with Gasteiger partial charge in [0.15, 0.2) is 5.15 Å². The van der Waals surface area contributed by atoms with Crippen molar-refractivity contribution in [3.05, 3.63) is 83.5 Å². The van der Waals surface area contributed by atoms with Gasteiger partial charge in [0.1, 0.15) is 17.5 Å². The van der Waals surface area contributed by atoms with Gasteiger partial charge in [-0.1, -0.05) is 41.9 Å². The first-order valence-corrected chi connectivity index (χ1v) is 13.1. The van der Waals surface area contributed by atoms with Crippen LogP contribution in [-0.4, -0.2) is 42.8 Å². The van der Waals surface area contributed by atoms with Gasteiger partial charge in [0, 0.05) is 49.2 Å². The lowest BCUT2D eigenvalue weighted by Gasteiger charge is -2.36. The summed E-state index contributed by atoms with van der Waals surface area (Å²) in [6.07, 6.45) is 10.1. The van der Waals surface area contributed by atoms with Gasteiger partial charge in [-0.3, -0.25) is 9.58 Å². The maximum absolute atomic E-state index is 13.5. The minimum atomic E-state index is -0.181. The summed E-state index contributed by atoms with van der Waals surface area (Å²) in [6.45, 7) is 0.428. The summed E-state index contributed by atoms with van der Waals surface area (Å²) >= 11 is 6.06. The first-order chi connectivity index (χ1) is 19.0. The number of halogens is 1. The van der Waals surface area contributed by atoms with E-state index in [4.69, 9.17) is 16.9 Å². The van der Waals surface area contributed by atoms with Crippen LogP contribution >= 0.6 is 11.6 Å². The molecular weight excluding hydrogens is 514 g/mol. The molecule has 0 saturated heterocycles. The van der Waals surface area contributed by atoms with Crippen molar-refractivity contribution >= 4 is 29.4 Å². The Balaban J connectivity index is 1.30. The van der Waals surface area contributed by atoms with Crippen molar-refractivity contribution < 1.29 is 4.79 Å². The number of rotatable bonds is 7. The molecule has 1 aliphatic carbocycles. The molecule has 0 bridgehead atoms. The third-order valence-corrected chi connectivity index (χ3v) is 7.08. The largest absolute Gasteiger partial charge is 0.351 e. The molecule has 0 unspecified atom stereocenters. The number of nitriles is 1. The van der Waals surface area contributed by atoms with Gasteiger partial charge in [-0.05, 0) is 43.4 Å². The molecule has 1 saturated carbocycles. The molecule has 3 aromatic heterocycles. The number of anilines is 2. The highest BCUT2D eigenvalue weighted by Crippen LogP contribution is 2.29.